The molecular weight excluding hydrogens is 398 g/mol. The molecule has 0 unspecified atom stereocenters. The highest BCUT2D eigenvalue weighted by atomic mass is 16.5. The van der Waals surface area contributed by atoms with E-state index in [1.165, 1.54) is 10.7 Å². The van der Waals surface area contributed by atoms with Gasteiger partial charge in [-0.2, -0.15) is 10.1 Å². The third-order valence-corrected chi connectivity index (χ3v) is 4.46. The first-order valence-corrected chi connectivity index (χ1v) is 9.68. The van der Waals surface area contributed by atoms with E-state index in [2.05, 4.69) is 20.2 Å². The van der Waals surface area contributed by atoms with Gasteiger partial charge in [0.05, 0.1) is 12.3 Å². The lowest BCUT2D eigenvalue weighted by Gasteiger charge is -2.10. The molecule has 0 spiro atoms. The SMILES string of the molecule is Cc1cc(=O)c(C(=O)OCCCc2nc(-c3cccnc3)no2)nn1-c1ccccc1. The zero-order valence-electron chi connectivity index (χ0n) is 16.8. The van der Waals surface area contributed by atoms with Crippen LogP contribution in [0.25, 0.3) is 17.1 Å². The Kier molecular flexibility index (Phi) is 5.93. The van der Waals surface area contributed by atoms with E-state index >= 15 is 0 Å². The summed E-state index contributed by atoms with van der Waals surface area (Å²) in [6.07, 6.45) is 4.19. The predicted octanol–water partition coefficient (Wildman–Crippen LogP) is 2.78. The minimum absolute atomic E-state index is 0.0871. The van der Waals surface area contributed by atoms with Gasteiger partial charge in [0.25, 0.3) is 0 Å². The van der Waals surface area contributed by atoms with Gasteiger partial charge in [0.2, 0.25) is 22.8 Å². The number of para-hydroxylation sites is 1. The molecule has 9 nitrogen and oxygen atoms in total. The number of benzene rings is 1. The van der Waals surface area contributed by atoms with Crippen molar-refractivity contribution in [2.45, 2.75) is 19.8 Å². The number of pyridine rings is 1. The van der Waals surface area contributed by atoms with E-state index in [0.717, 1.165) is 11.3 Å². The quantitative estimate of drug-likeness (QED) is 0.333. The zero-order chi connectivity index (χ0) is 21.6. The number of esters is 1. The average molecular weight is 417 g/mol. The van der Waals surface area contributed by atoms with Crippen LogP contribution in [0.3, 0.4) is 0 Å². The van der Waals surface area contributed by atoms with Crippen molar-refractivity contribution in [3.05, 3.63) is 88.4 Å². The fraction of sp³-hybridized carbons (Fsp3) is 0.182. The molecule has 0 fully saturated rings. The maximum atomic E-state index is 12.4. The van der Waals surface area contributed by atoms with Gasteiger partial charge < -0.3 is 9.26 Å². The van der Waals surface area contributed by atoms with Crippen molar-refractivity contribution >= 4 is 5.97 Å². The lowest BCUT2D eigenvalue weighted by Crippen LogP contribution is -2.24. The van der Waals surface area contributed by atoms with Gasteiger partial charge in [-0.3, -0.25) is 9.78 Å². The topological polar surface area (TPSA) is 113 Å². The second kappa shape index (κ2) is 9.12. The molecule has 3 heterocycles. The van der Waals surface area contributed by atoms with Crippen LogP contribution in [0.2, 0.25) is 0 Å². The molecule has 0 aliphatic carbocycles. The first-order valence-electron chi connectivity index (χ1n) is 9.68. The Morgan fingerprint density at radius 3 is 2.77 bits per heavy atom. The zero-order valence-corrected chi connectivity index (χ0v) is 16.8. The number of aryl methyl sites for hydroxylation is 2. The molecular formula is C22H19N5O4. The summed E-state index contributed by atoms with van der Waals surface area (Å²) < 4.78 is 12.0. The summed E-state index contributed by atoms with van der Waals surface area (Å²) >= 11 is 0. The van der Waals surface area contributed by atoms with Gasteiger partial charge in [-0.1, -0.05) is 23.4 Å². The summed E-state index contributed by atoms with van der Waals surface area (Å²) in [6, 6.07) is 14.2. The number of aromatic nitrogens is 5. The number of hydrogen-bond donors (Lipinski definition) is 0. The van der Waals surface area contributed by atoms with Crippen molar-refractivity contribution in [2.75, 3.05) is 6.61 Å². The fourth-order valence-electron chi connectivity index (χ4n) is 2.94. The van der Waals surface area contributed by atoms with Crippen molar-refractivity contribution < 1.29 is 14.1 Å². The van der Waals surface area contributed by atoms with Gasteiger partial charge in [0.15, 0.2) is 0 Å². The van der Waals surface area contributed by atoms with E-state index in [4.69, 9.17) is 9.26 Å². The molecule has 0 saturated heterocycles. The Hall–Kier alpha value is -4.14. The van der Waals surface area contributed by atoms with Gasteiger partial charge in [-0.15, -0.1) is 0 Å². The summed E-state index contributed by atoms with van der Waals surface area (Å²) in [5.41, 5.74) is 1.38. The van der Waals surface area contributed by atoms with Crippen molar-refractivity contribution in [1.29, 1.82) is 0 Å². The van der Waals surface area contributed by atoms with E-state index in [9.17, 15) is 9.59 Å². The van der Waals surface area contributed by atoms with E-state index in [-0.39, 0.29) is 12.3 Å². The molecule has 156 valence electrons. The highest BCUT2D eigenvalue weighted by molar-refractivity contribution is 5.86. The van der Waals surface area contributed by atoms with E-state index in [0.29, 0.717) is 30.3 Å². The van der Waals surface area contributed by atoms with Crippen LogP contribution >= 0.6 is 0 Å². The lowest BCUT2D eigenvalue weighted by molar-refractivity contribution is 0.0487. The van der Waals surface area contributed by atoms with Crippen molar-refractivity contribution in [1.82, 2.24) is 24.9 Å². The summed E-state index contributed by atoms with van der Waals surface area (Å²) in [5.74, 6) is 0.108. The van der Waals surface area contributed by atoms with Crippen LogP contribution in [0, 0.1) is 6.92 Å². The third-order valence-electron chi connectivity index (χ3n) is 4.46. The van der Waals surface area contributed by atoms with Gasteiger partial charge in [0.1, 0.15) is 0 Å². The van der Waals surface area contributed by atoms with Gasteiger partial charge in [0, 0.05) is 36.1 Å². The van der Waals surface area contributed by atoms with Crippen LogP contribution in [0.4, 0.5) is 0 Å². The Morgan fingerprint density at radius 2 is 2.00 bits per heavy atom. The lowest BCUT2D eigenvalue weighted by atomic mass is 10.2. The Balaban J connectivity index is 1.36. The average Bonchev–Trinajstić information content (AvgIpc) is 3.27. The highest BCUT2D eigenvalue weighted by Gasteiger charge is 2.17. The van der Waals surface area contributed by atoms with E-state index in [1.807, 2.05) is 36.4 Å². The normalized spacial score (nSPS) is 10.7. The first-order chi connectivity index (χ1) is 15.1. The van der Waals surface area contributed by atoms with Gasteiger partial charge in [-0.25, -0.2) is 9.48 Å². The van der Waals surface area contributed by atoms with Crippen molar-refractivity contribution in [2.24, 2.45) is 0 Å². The Morgan fingerprint density at radius 1 is 1.16 bits per heavy atom. The summed E-state index contributed by atoms with van der Waals surface area (Å²) in [4.78, 5) is 33.0. The molecule has 0 aliphatic rings. The molecule has 0 radical (unpaired) electrons. The van der Waals surface area contributed by atoms with Crippen molar-refractivity contribution in [3.8, 4) is 17.1 Å². The molecule has 3 aromatic heterocycles. The smallest absolute Gasteiger partial charge is 0.362 e. The van der Waals surface area contributed by atoms with Crippen LogP contribution < -0.4 is 5.43 Å². The molecule has 31 heavy (non-hydrogen) atoms. The molecule has 4 rings (SSSR count). The largest absolute Gasteiger partial charge is 0.461 e. The minimum Gasteiger partial charge on any atom is -0.461 e. The molecule has 9 heteroatoms. The number of carbonyl (C=O) groups excluding carboxylic acids is 1. The molecule has 1 aromatic carbocycles. The van der Waals surface area contributed by atoms with Gasteiger partial charge >= 0.3 is 5.97 Å². The molecule has 0 atom stereocenters. The molecule has 0 saturated carbocycles. The summed E-state index contributed by atoms with van der Waals surface area (Å²) in [7, 11) is 0. The van der Waals surface area contributed by atoms with Crippen molar-refractivity contribution in [3.63, 3.8) is 0 Å². The number of ether oxygens (including phenoxy) is 1. The Bertz CT molecular complexity index is 1240. The van der Waals surface area contributed by atoms with Crippen LogP contribution in [-0.4, -0.2) is 37.5 Å². The summed E-state index contributed by atoms with van der Waals surface area (Å²) in [5, 5.41) is 8.12. The predicted molar refractivity (Wildman–Crippen MR) is 111 cm³/mol. The standard InChI is InChI=1S/C22H19N5O4/c1-15-13-18(28)20(25-27(15)17-8-3-2-4-9-17)22(29)30-12-6-10-19-24-21(26-31-19)16-7-5-11-23-14-16/h2-5,7-9,11,13-14H,6,10,12H2,1H3. The number of nitrogens with zero attached hydrogens (tertiary/aromatic N) is 5. The number of rotatable bonds is 7. The van der Waals surface area contributed by atoms with E-state index < -0.39 is 11.4 Å². The van der Waals surface area contributed by atoms with Crippen LogP contribution in [0.15, 0.2) is 70.2 Å². The second-order valence-electron chi connectivity index (χ2n) is 6.74. The number of hydrogen-bond acceptors (Lipinski definition) is 8. The molecule has 0 amide bonds. The highest BCUT2D eigenvalue weighted by Crippen LogP contribution is 2.14. The van der Waals surface area contributed by atoms with Crippen LogP contribution in [-0.2, 0) is 11.2 Å². The van der Waals surface area contributed by atoms with Gasteiger partial charge in [-0.05, 0) is 37.6 Å². The second-order valence-corrected chi connectivity index (χ2v) is 6.74. The molecule has 0 bridgehead atoms. The maximum absolute atomic E-state index is 12.4. The minimum atomic E-state index is -0.767. The van der Waals surface area contributed by atoms with Crippen LogP contribution in [0.5, 0.6) is 0 Å². The first kappa shape index (κ1) is 20.1. The van der Waals surface area contributed by atoms with E-state index in [1.54, 1.807) is 25.4 Å². The van der Waals surface area contributed by atoms with Crippen LogP contribution in [0.1, 0.15) is 28.5 Å². The number of carbonyl (C=O) groups is 1. The Labute approximate surface area is 177 Å². The monoisotopic (exact) mass is 417 g/mol. The molecule has 4 aromatic rings. The molecule has 0 aliphatic heterocycles. The summed E-state index contributed by atoms with van der Waals surface area (Å²) in [6.45, 7) is 1.84. The third kappa shape index (κ3) is 4.72. The molecule has 0 N–H and O–H groups in total. The fourth-order valence-corrected chi connectivity index (χ4v) is 2.94. The maximum Gasteiger partial charge on any atom is 0.362 e.